The molecule has 1 rings (SSSR count). The van der Waals surface area contributed by atoms with E-state index in [2.05, 4.69) is 0 Å². The predicted molar refractivity (Wildman–Crippen MR) is 69.0 cm³/mol. The summed E-state index contributed by atoms with van der Waals surface area (Å²) in [6, 6.07) is 9.70. The van der Waals surface area contributed by atoms with Crippen LogP contribution in [-0.2, 0) is 11.2 Å². The Labute approximate surface area is 111 Å². The van der Waals surface area contributed by atoms with Crippen molar-refractivity contribution in [2.75, 3.05) is 19.7 Å². The van der Waals surface area contributed by atoms with Crippen molar-refractivity contribution in [3.63, 3.8) is 0 Å². The Balaban J connectivity index is 2.35. The number of hydrogen-bond acceptors (Lipinski definition) is 2. The maximum Gasteiger partial charge on any atom is 0.255 e. The molecule has 19 heavy (non-hydrogen) atoms. The third-order valence-corrected chi connectivity index (χ3v) is 2.78. The average Bonchev–Trinajstić information content (AvgIpc) is 2.39. The van der Waals surface area contributed by atoms with Crippen molar-refractivity contribution >= 4 is 5.91 Å². The Morgan fingerprint density at radius 3 is 2.53 bits per heavy atom. The first kappa shape index (κ1) is 15.6. The second-order valence-corrected chi connectivity index (χ2v) is 4.29. The van der Waals surface area contributed by atoms with E-state index in [1.807, 2.05) is 30.3 Å². The number of aryl methyl sites for hydroxylation is 1. The van der Waals surface area contributed by atoms with Crippen molar-refractivity contribution in [1.82, 2.24) is 4.90 Å². The van der Waals surface area contributed by atoms with Gasteiger partial charge in [-0.3, -0.25) is 4.79 Å². The topological polar surface area (TPSA) is 40.5 Å². The first-order chi connectivity index (χ1) is 9.13. The molecule has 0 saturated carbocycles. The molecule has 3 nitrogen and oxygen atoms in total. The first-order valence-electron chi connectivity index (χ1n) is 6.34. The first-order valence-corrected chi connectivity index (χ1v) is 6.34. The number of aliphatic hydroxyl groups is 1. The summed E-state index contributed by atoms with van der Waals surface area (Å²) in [6.07, 6.45) is -0.978. The third kappa shape index (κ3) is 6.29. The quantitative estimate of drug-likeness (QED) is 0.786. The molecule has 1 aromatic carbocycles. The van der Waals surface area contributed by atoms with Gasteiger partial charge in [0.15, 0.2) is 0 Å². The van der Waals surface area contributed by atoms with E-state index in [9.17, 15) is 13.6 Å². The molecule has 0 fully saturated rings. The lowest BCUT2D eigenvalue weighted by molar-refractivity contribution is -0.133. The van der Waals surface area contributed by atoms with Crippen molar-refractivity contribution in [2.24, 2.45) is 0 Å². The van der Waals surface area contributed by atoms with E-state index >= 15 is 0 Å². The molecular formula is C14H19F2NO2. The van der Waals surface area contributed by atoms with E-state index in [4.69, 9.17) is 5.11 Å². The van der Waals surface area contributed by atoms with Crippen LogP contribution in [0, 0.1) is 0 Å². The molecule has 0 radical (unpaired) electrons. The average molecular weight is 271 g/mol. The Bertz CT molecular complexity index is 371. The van der Waals surface area contributed by atoms with Crippen LogP contribution in [0.5, 0.6) is 0 Å². The van der Waals surface area contributed by atoms with Gasteiger partial charge in [-0.1, -0.05) is 30.3 Å². The van der Waals surface area contributed by atoms with E-state index in [1.165, 1.54) is 0 Å². The minimum atomic E-state index is -2.57. The zero-order valence-electron chi connectivity index (χ0n) is 10.8. The van der Waals surface area contributed by atoms with Crippen LogP contribution in [0.3, 0.4) is 0 Å². The lowest BCUT2D eigenvalue weighted by Gasteiger charge is -2.21. The number of carbonyl (C=O) groups is 1. The SMILES string of the molecule is O=C(CCCc1ccccc1)N(CCO)CC(F)F. The molecule has 5 heteroatoms. The summed E-state index contributed by atoms with van der Waals surface area (Å²) in [5, 5.41) is 8.76. The number of nitrogens with zero attached hydrogens (tertiary/aromatic N) is 1. The van der Waals surface area contributed by atoms with Crippen LogP contribution in [0.15, 0.2) is 30.3 Å². The predicted octanol–water partition coefficient (Wildman–Crippen LogP) is 2.10. The lowest BCUT2D eigenvalue weighted by atomic mass is 10.1. The maximum absolute atomic E-state index is 12.3. The summed E-state index contributed by atoms with van der Waals surface area (Å²) in [6.45, 7) is -0.934. The fourth-order valence-electron chi connectivity index (χ4n) is 1.85. The smallest absolute Gasteiger partial charge is 0.255 e. The number of rotatable bonds is 8. The lowest BCUT2D eigenvalue weighted by Crippen LogP contribution is -2.37. The highest BCUT2D eigenvalue weighted by molar-refractivity contribution is 5.76. The van der Waals surface area contributed by atoms with E-state index in [-0.39, 0.29) is 25.5 Å². The van der Waals surface area contributed by atoms with Crippen molar-refractivity contribution < 1.29 is 18.7 Å². The van der Waals surface area contributed by atoms with Crippen LogP contribution in [0.2, 0.25) is 0 Å². The molecule has 0 aliphatic carbocycles. The fraction of sp³-hybridized carbons (Fsp3) is 0.500. The van der Waals surface area contributed by atoms with Gasteiger partial charge in [-0.2, -0.15) is 0 Å². The molecule has 0 atom stereocenters. The Kier molecular flexibility index (Phi) is 7.03. The maximum atomic E-state index is 12.3. The zero-order valence-corrected chi connectivity index (χ0v) is 10.8. The van der Waals surface area contributed by atoms with E-state index < -0.39 is 13.0 Å². The minimum absolute atomic E-state index is 0.0332. The van der Waals surface area contributed by atoms with Gasteiger partial charge in [0.05, 0.1) is 13.2 Å². The van der Waals surface area contributed by atoms with Gasteiger partial charge < -0.3 is 10.0 Å². The normalized spacial score (nSPS) is 10.7. The number of hydrogen-bond donors (Lipinski definition) is 1. The summed E-state index contributed by atoms with van der Waals surface area (Å²) >= 11 is 0. The highest BCUT2D eigenvalue weighted by Crippen LogP contribution is 2.07. The third-order valence-electron chi connectivity index (χ3n) is 2.78. The highest BCUT2D eigenvalue weighted by atomic mass is 19.3. The van der Waals surface area contributed by atoms with E-state index in [0.29, 0.717) is 6.42 Å². The zero-order chi connectivity index (χ0) is 14.1. The summed E-state index contributed by atoms with van der Waals surface area (Å²) in [4.78, 5) is 12.8. The van der Waals surface area contributed by atoms with Gasteiger partial charge in [0.25, 0.3) is 6.43 Å². The largest absolute Gasteiger partial charge is 0.395 e. The van der Waals surface area contributed by atoms with E-state index in [1.54, 1.807) is 0 Å². The highest BCUT2D eigenvalue weighted by Gasteiger charge is 2.17. The van der Waals surface area contributed by atoms with Crippen LogP contribution < -0.4 is 0 Å². The van der Waals surface area contributed by atoms with Gasteiger partial charge in [-0.05, 0) is 18.4 Å². The Morgan fingerprint density at radius 1 is 1.26 bits per heavy atom. The standard InChI is InChI=1S/C14H19F2NO2/c15-13(16)11-17(9-10-18)14(19)8-4-7-12-5-2-1-3-6-12/h1-3,5-6,13,18H,4,7-11H2. The van der Waals surface area contributed by atoms with Gasteiger partial charge in [-0.15, -0.1) is 0 Å². The Hall–Kier alpha value is -1.49. The molecule has 106 valence electrons. The van der Waals surface area contributed by atoms with Crippen molar-refractivity contribution in [3.8, 4) is 0 Å². The van der Waals surface area contributed by atoms with Gasteiger partial charge in [0.1, 0.15) is 0 Å². The molecular weight excluding hydrogens is 252 g/mol. The second kappa shape index (κ2) is 8.58. The van der Waals surface area contributed by atoms with Crippen molar-refractivity contribution in [1.29, 1.82) is 0 Å². The number of amides is 1. The van der Waals surface area contributed by atoms with Crippen LogP contribution in [-0.4, -0.2) is 42.0 Å². The number of aliphatic hydroxyl groups excluding tert-OH is 1. The Morgan fingerprint density at radius 2 is 1.95 bits per heavy atom. The van der Waals surface area contributed by atoms with Crippen molar-refractivity contribution in [2.45, 2.75) is 25.7 Å². The summed E-state index contributed by atoms with van der Waals surface area (Å²) in [7, 11) is 0. The van der Waals surface area contributed by atoms with E-state index in [0.717, 1.165) is 16.9 Å². The minimum Gasteiger partial charge on any atom is -0.395 e. The molecule has 0 aromatic heterocycles. The molecule has 0 spiro atoms. The molecule has 0 heterocycles. The second-order valence-electron chi connectivity index (χ2n) is 4.29. The van der Waals surface area contributed by atoms with Crippen LogP contribution in [0.25, 0.3) is 0 Å². The fourth-order valence-corrected chi connectivity index (χ4v) is 1.85. The van der Waals surface area contributed by atoms with Crippen LogP contribution in [0.1, 0.15) is 18.4 Å². The van der Waals surface area contributed by atoms with Crippen molar-refractivity contribution in [3.05, 3.63) is 35.9 Å². The molecule has 1 amide bonds. The number of carbonyl (C=O) groups excluding carboxylic acids is 1. The number of benzene rings is 1. The van der Waals surface area contributed by atoms with Crippen LogP contribution >= 0.6 is 0 Å². The molecule has 0 bridgehead atoms. The molecule has 1 N–H and O–H groups in total. The van der Waals surface area contributed by atoms with Gasteiger partial charge in [-0.25, -0.2) is 8.78 Å². The summed E-state index contributed by atoms with van der Waals surface area (Å²) in [5.41, 5.74) is 1.12. The number of halogens is 2. The molecule has 0 aliphatic rings. The monoisotopic (exact) mass is 271 g/mol. The molecule has 0 unspecified atom stereocenters. The molecule has 0 aliphatic heterocycles. The van der Waals surface area contributed by atoms with Gasteiger partial charge in [0.2, 0.25) is 5.91 Å². The van der Waals surface area contributed by atoms with Crippen LogP contribution in [0.4, 0.5) is 8.78 Å². The molecule has 1 aromatic rings. The van der Waals surface area contributed by atoms with Gasteiger partial charge in [0, 0.05) is 13.0 Å². The summed E-state index contributed by atoms with van der Waals surface area (Å²) < 4.78 is 24.6. The molecule has 0 saturated heterocycles. The summed E-state index contributed by atoms with van der Waals surface area (Å²) in [5.74, 6) is -0.328. The van der Waals surface area contributed by atoms with Gasteiger partial charge >= 0.3 is 0 Å². The number of alkyl halides is 2.